The van der Waals surface area contributed by atoms with Gasteiger partial charge < -0.3 is 0 Å². The fourth-order valence-electron chi connectivity index (χ4n) is 1.66. The Morgan fingerprint density at radius 1 is 1.19 bits per heavy atom. The summed E-state index contributed by atoms with van der Waals surface area (Å²) in [6.45, 7) is 1.85. The van der Waals surface area contributed by atoms with Crippen molar-refractivity contribution >= 4 is 23.2 Å². The zero-order chi connectivity index (χ0) is 15.1. The average molecular weight is 281 g/mol. The molecule has 0 aliphatic rings. The van der Waals surface area contributed by atoms with E-state index in [-0.39, 0.29) is 5.69 Å². The van der Waals surface area contributed by atoms with Gasteiger partial charge in [0.25, 0.3) is 5.69 Å². The Morgan fingerprint density at radius 2 is 1.95 bits per heavy atom. The van der Waals surface area contributed by atoms with Crippen molar-refractivity contribution in [3.63, 3.8) is 0 Å². The van der Waals surface area contributed by atoms with Crippen molar-refractivity contribution in [3.05, 3.63) is 76.4 Å². The second-order valence-corrected chi connectivity index (χ2v) is 4.42. The summed E-state index contributed by atoms with van der Waals surface area (Å²) in [7, 11) is 0. The highest BCUT2D eigenvalue weighted by Crippen LogP contribution is 2.14. The van der Waals surface area contributed by atoms with Crippen LogP contribution in [0.5, 0.6) is 0 Å². The molecular weight excluding hydrogens is 266 g/mol. The number of allylic oxidation sites excluding steroid dienone is 1. The summed E-state index contributed by atoms with van der Waals surface area (Å²) in [6, 6.07) is 16.1. The molecule has 0 heterocycles. The van der Waals surface area contributed by atoms with Crippen LogP contribution in [0.25, 0.3) is 6.08 Å². The molecule has 0 radical (unpaired) electrons. The fourth-order valence-corrected chi connectivity index (χ4v) is 1.66. The first kappa shape index (κ1) is 14.5. The first-order valence-corrected chi connectivity index (χ1v) is 6.43. The number of hydrogen-bond acceptors (Lipinski definition) is 4. The lowest BCUT2D eigenvalue weighted by Crippen LogP contribution is -1.94. The summed E-state index contributed by atoms with van der Waals surface area (Å²) in [5.41, 5.74) is 5.45. The molecule has 1 N–H and O–H groups in total. The highest BCUT2D eigenvalue weighted by Gasteiger charge is 2.03. The van der Waals surface area contributed by atoms with Gasteiger partial charge in [-0.3, -0.25) is 15.5 Å². The predicted molar refractivity (Wildman–Crippen MR) is 85.3 cm³/mol. The number of para-hydroxylation sites is 1. The minimum absolute atomic E-state index is 0.0779. The number of hydrazone groups is 1. The molecule has 0 saturated carbocycles. The zero-order valence-corrected chi connectivity index (χ0v) is 11.6. The summed E-state index contributed by atoms with van der Waals surface area (Å²) < 4.78 is 0. The molecule has 0 amide bonds. The zero-order valence-electron chi connectivity index (χ0n) is 11.6. The van der Waals surface area contributed by atoms with Crippen molar-refractivity contribution in [3.8, 4) is 0 Å². The minimum atomic E-state index is -0.407. The summed E-state index contributed by atoms with van der Waals surface area (Å²) in [5.74, 6) is 0. The highest BCUT2D eigenvalue weighted by atomic mass is 16.6. The third-order valence-electron chi connectivity index (χ3n) is 2.73. The lowest BCUT2D eigenvalue weighted by Gasteiger charge is -2.00. The molecule has 2 aromatic carbocycles. The smallest absolute Gasteiger partial charge is 0.270 e. The van der Waals surface area contributed by atoms with E-state index in [9.17, 15) is 10.1 Å². The van der Waals surface area contributed by atoms with Crippen LogP contribution in [0.15, 0.2) is 65.8 Å². The molecule has 21 heavy (non-hydrogen) atoms. The molecule has 0 spiro atoms. The van der Waals surface area contributed by atoms with E-state index in [0.29, 0.717) is 0 Å². The summed E-state index contributed by atoms with van der Waals surface area (Å²) in [5, 5.41) is 14.9. The van der Waals surface area contributed by atoms with Gasteiger partial charge in [-0.05, 0) is 30.7 Å². The quantitative estimate of drug-likeness (QED) is 0.509. The van der Waals surface area contributed by atoms with E-state index in [0.717, 1.165) is 17.0 Å². The van der Waals surface area contributed by atoms with Gasteiger partial charge in [0.15, 0.2) is 0 Å². The van der Waals surface area contributed by atoms with E-state index in [4.69, 9.17) is 0 Å². The Balaban J connectivity index is 2.03. The number of benzene rings is 2. The molecule has 0 aromatic heterocycles. The molecule has 0 aliphatic carbocycles. The molecule has 0 bridgehead atoms. The third-order valence-corrected chi connectivity index (χ3v) is 2.73. The number of hydrogen-bond donors (Lipinski definition) is 1. The second-order valence-electron chi connectivity index (χ2n) is 4.42. The fraction of sp³-hybridized carbons (Fsp3) is 0.0625. The van der Waals surface area contributed by atoms with Crippen molar-refractivity contribution in [2.45, 2.75) is 6.92 Å². The molecule has 0 fully saturated rings. The lowest BCUT2D eigenvalue weighted by molar-refractivity contribution is -0.384. The number of anilines is 1. The molecule has 0 saturated heterocycles. The van der Waals surface area contributed by atoms with E-state index >= 15 is 0 Å². The summed E-state index contributed by atoms with van der Waals surface area (Å²) in [4.78, 5) is 10.3. The predicted octanol–water partition coefficient (Wildman–Crippen LogP) is 4.10. The molecule has 0 unspecified atom stereocenters. The van der Waals surface area contributed by atoms with E-state index in [1.54, 1.807) is 24.3 Å². The van der Waals surface area contributed by atoms with Crippen molar-refractivity contribution in [2.24, 2.45) is 5.10 Å². The van der Waals surface area contributed by atoms with Crippen LogP contribution in [0, 0.1) is 10.1 Å². The van der Waals surface area contributed by atoms with Crippen molar-refractivity contribution < 1.29 is 4.92 Å². The standard InChI is InChI=1S/C16H15N3O2/c1-13(17-18-15-7-3-2-4-8-15)10-11-14-6-5-9-16(12-14)19(20)21/h2-12,18H,1H3/b11-10+,17-13+. The van der Waals surface area contributed by atoms with Crippen molar-refractivity contribution in [1.82, 2.24) is 0 Å². The lowest BCUT2D eigenvalue weighted by atomic mass is 10.2. The highest BCUT2D eigenvalue weighted by molar-refractivity contribution is 5.96. The first-order valence-electron chi connectivity index (χ1n) is 6.43. The Morgan fingerprint density at radius 3 is 2.67 bits per heavy atom. The maximum Gasteiger partial charge on any atom is 0.270 e. The van der Waals surface area contributed by atoms with E-state index in [1.807, 2.05) is 37.3 Å². The van der Waals surface area contributed by atoms with Crippen LogP contribution >= 0.6 is 0 Å². The minimum Gasteiger partial charge on any atom is -0.278 e. The second kappa shape index (κ2) is 7.00. The van der Waals surface area contributed by atoms with Gasteiger partial charge in [-0.2, -0.15) is 5.10 Å². The van der Waals surface area contributed by atoms with E-state index in [2.05, 4.69) is 10.5 Å². The van der Waals surface area contributed by atoms with Gasteiger partial charge in [0.1, 0.15) is 0 Å². The molecule has 2 rings (SSSR count). The van der Waals surface area contributed by atoms with Crippen molar-refractivity contribution in [2.75, 3.05) is 5.43 Å². The van der Waals surface area contributed by atoms with Gasteiger partial charge in [0.2, 0.25) is 0 Å². The molecule has 106 valence electrons. The molecule has 5 heteroatoms. The van der Waals surface area contributed by atoms with E-state index in [1.165, 1.54) is 12.1 Å². The van der Waals surface area contributed by atoms with E-state index < -0.39 is 4.92 Å². The van der Waals surface area contributed by atoms with Crippen LogP contribution in [0.1, 0.15) is 12.5 Å². The number of non-ortho nitro benzene ring substituents is 1. The van der Waals surface area contributed by atoms with Crippen LogP contribution in [0.4, 0.5) is 11.4 Å². The Hall–Kier alpha value is -2.95. The number of nitro groups is 1. The topological polar surface area (TPSA) is 67.5 Å². The van der Waals surface area contributed by atoms with Gasteiger partial charge in [-0.15, -0.1) is 0 Å². The van der Waals surface area contributed by atoms with Crippen LogP contribution in [0.2, 0.25) is 0 Å². The van der Waals surface area contributed by atoms with Gasteiger partial charge in [0, 0.05) is 12.1 Å². The summed E-state index contributed by atoms with van der Waals surface area (Å²) in [6.07, 6.45) is 3.59. The number of nitrogens with zero attached hydrogens (tertiary/aromatic N) is 2. The third kappa shape index (κ3) is 4.58. The van der Waals surface area contributed by atoms with Gasteiger partial charge in [0.05, 0.1) is 16.3 Å². The van der Waals surface area contributed by atoms with Gasteiger partial charge >= 0.3 is 0 Å². The molecule has 0 aliphatic heterocycles. The van der Waals surface area contributed by atoms with Gasteiger partial charge in [-0.25, -0.2) is 0 Å². The molecule has 0 atom stereocenters. The van der Waals surface area contributed by atoms with Crippen molar-refractivity contribution in [1.29, 1.82) is 0 Å². The SMILES string of the molecule is CC(/C=C/c1cccc([N+](=O)[O-])c1)=N\Nc1ccccc1. The van der Waals surface area contributed by atoms with Crippen LogP contribution < -0.4 is 5.43 Å². The van der Waals surface area contributed by atoms with Gasteiger partial charge in [-0.1, -0.05) is 36.4 Å². The van der Waals surface area contributed by atoms with Crippen LogP contribution in [0.3, 0.4) is 0 Å². The maximum absolute atomic E-state index is 10.7. The first-order chi connectivity index (χ1) is 10.1. The average Bonchev–Trinajstić information content (AvgIpc) is 2.52. The van der Waals surface area contributed by atoms with Crippen LogP contribution in [-0.4, -0.2) is 10.6 Å². The monoisotopic (exact) mass is 281 g/mol. The summed E-state index contributed by atoms with van der Waals surface area (Å²) >= 11 is 0. The number of nitro benzene ring substituents is 1. The Kier molecular flexibility index (Phi) is 4.82. The molecular formula is C16H15N3O2. The molecule has 5 nitrogen and oxygen atoms in total. The largest absolute Gasteiger partial charge is 0.278 e. The maximum atomic E-state index is 10.7. The number of rotatable bonds is 5. The number of nitrogens with one attached hydrogen (secondary N) is 1. The Bertz CT molecular complexity index is 679. The normalized spacial score (nSPS) is 11.6. The van der Waals surface area contributed by atoms with Crippen LogP contribution in [-0.2, 0) is 0 Å². The Labute approximate surface area is 122 Å². The molecule has 2 aromatic rings.